The monoisotopic (exact) mass is 353 g/mol. The smallest absolute Gasteiger partial charge is 0.253 e. The fourth-order valence-electron chi connectivity index (χ4n) is 2.70. The van der Waals surface area contributed by atoms with Crippen molar-refractivity contribution in [3.8, 4) is 0 Å². The minimum atomic E-state index is -0.0748. The Morgan fingerprint density at radius 3 is 2.48 bits per heavy atom. The first-order chi connectivity index (χ1) is 9.77. The predicted molar refractivity (Wildman–Crippen MR) is 90.4 cm³/mol. The van der Waals surface area contributed by atoms with Gasteiger partial charge in [-0.1, -0.05) is 15.9 Å². The minimum Gasteiger partial charge on any atom is -0.398 e. The molecule has 0 aliphatic carbocycles. The summed E-state index contributed by atoms with van der Waals surface area (Å²) in [5, 5.41) is 3.11. The molecule has 2 rings (SSSR count). The van der Waals surface area contributed by atoms with E-state index in [0.29, 0.717) is 11.3 Å². The summed E-state index contributed by atoms with van der Waals surface area (Å²) in [5.41, 5.74) is 7.17. The van der Waals surface area contributed by atoms with Crippen LogP contribution in [0.15, 0.2) is 22.7 Å². The molecule has 1 heterocycles. The largest absolute Gasteiger partial charge is 0.398 e. The number of nitrogens with zero attached hydrogens (tertiary/aromatic N) is 1. The van der Waals surface area contributed by atoms with E-state index in [2.05, 4.69) is 46.9 Å². The van der Waals surface area contributed by atoms with Crippen LogP contribution < -0.4 is 11.1 Å². The van der Waals surface area contributed by atoms with Crippen LogP contribution in [-0.4, -0.2) is 35.5 Å². The first-order valence-electron chi connectivity index (χ1n) is 7.38. The standard InChI is InChI=1S/C16H24BrN3O/c1-16(2,3)20-8-6-12(7-9-20)19-15(21)13-5-4-11(17)10-14(13)18/h4-5,10,12H,6-9,18H2,1-3H3,(H,19,21). The topological polar surface area (TPSA) is 58.4 Å². The van der Waals surface area contributed by atoms with Gasteiger partial charge in [0.1, 0.15) is 0 Å². The highest BCUT2D eigenvalue weighted by Gasteiger charge is 2.27. The van der Waals surface area contributed by atoms with Crippen LogP contribution in [0.25, 0.3) is 0 Å². The van der Waals surface area contributed by atoms with Gasteiger partial charge in [-0.3, -0.25) is 9.69 Å². The Morgan fingerprint density at radius 2 is 1.95 bits per heavy atom. The lowest BCUT2D eigenvalue weighted by Crippen LogP contribution is -2.50. The van der Waals surface area contributed by atoms with Crippen molar-refractivity contribution in [3.05, 3.63) is 28.2 Å². The van der Waals surface area contributed by atoms with Crippen molar-refractivity contribution in [2.75, 3.05) is 18.8 Å². The molecule has 0 atom stereocenters. The number of nitrogens with one attached hydrogen (secondary N) is 1. The third-order valence-corrected chi connectivity index (χ3v) is 4.53. The third kappa shape index (κ3) is 4.20. The van der Waals surface area contributed by atoms with Gasteiger partial charge in [-0.25, -0.2) is 0 Å². The molecule has 21 heavy (non-hydrogen) atoms. The SMILES string of the molecule is CC(C)(C)N1CCC(NC(=O)c2ccc(Br)cc2N)CC1. The fraction of sp³-hybridized carbons (Fsp3) is 0.562. The summed E-state index contributed by atoms with van der Waals surface area (Å²) in [6, 6.07) is 5.60. The molecule has 1 aromatic carbocycles. The molecule has 0 bridgehead atoms. The van der Waals surface area contributed by atoms with E-state index in [0.717, 1.165) is 30.4 Å². The van der Waals surface area contributed by atoms with E-state index in [9.17, 15) is 4.79 Å². The van der Waals surface area contributed by atoms with E-state index >= 15 is 0 Å². The fourth-order valence-corrected chi connectivity index (χ4v) is 3.08. The van der Waals surface area contributed by atoms with Crippen molar-refractivity contribution in [3.63, 3.8) is 0 Å². The molecule has 1 fully saturated rings. The van der Waals surface area contributed by atoms with Crippen LogP contribution in [0.5, 0.6) is 0 Å². The molecule has 0 spiro atoms. The van der Waals surface area contributed by atoms with Gasteiger partial charge >= 0.3 is 0 Å². The summed E-state index contributed by atoms with van der Waals surface area (Å²) in [6.07, 6.45) is 1.97. The highest BCUT2D eigenvalue weighted by atomic mass is 79.9. The average molecular weight is 354 g/mol. The number of carbonyl (C=O) groups is 1. The number of benzene rings is 1. The normalized spacial score (nSPS) is 17.7. The van der Waals surface area contributed by atoms with Gasteiger partial charge in [-0.05, 0) is 51.8 Å². The van der Waals surface area contributed by atoms with Crippen molar-refractivity contribution in [2.24, 2.45) is 0 Å². The summed E-state index contributed by atoms with van der Waals surface area (Å²) in [5.74, 6) is -0.0748. The van der Waals surface area contributed by atoms with Crippen molar-refractivity contribution in [2.45, 2.75) is 45.2 Å². The first kappa shape index (κ1) is 16.3. The summed E-state index contributed by atoms with van der Waals surface area (Å²) in [7, 11) is 0. The second-order valence-corrected chi connectivity index (χ2v) is 7.55. The summed E-state index contributed by atoms with van der Waals surface area (Å²) < 4.78 is 0.884. The van der Waals surface area contributed by atoms with Gasteiger partial charge in [-0.15, -0.1) is 0 Å². The van der Waals surface area contributed by atoms with Gasteiger partial charge in [0.05, 0.1) is 5.56 Å². The summed E-state index contributed by atoms with van der Waals surface area (Å²) >= 11 is 3.35. The van der Waals surface area contributed by atoms with Gasteiger partial charge in [0.25, 0.3) is 5.91 Å². The van der Waals surface area contributed by atoms with Crippen LogP contribution in [0.1, 0.15) is 44.0 Å². The summed E-state index contributed by atoms with van der Waals surface area (Å²) in [4.78, 5) is 14.8. The van der Waals surface area contributed by atoms with Gasteiger partial charge < -0.3 is 11.1 Å². The zero-order valence-corrected chi connectivity index (χ0v) is 14.5. The number of halogens is 1. The number of piperidine rings is 1. The number of amides is 1. The quantitative estimate of drug-likeness (QED) is 0.803. The van der Waals surface area contributed by atoms with Crippen LogP contribution in [0, 0.1) is 0 Å². The van der Waals surface area contributed by atoms with Gasteiger partial charge in [-0.2, -0.15) is 0 Å². The highest BCUT2D eigenvalue weighted by Crippen LogP contribution is 2.22. The van der Waals surface area contributed by atoms with E-state index < -0.39 is 0 Å². The molecule has 0 saturated carbocycles. The minimum absolute atomic E-state index is 0.0748. The number of likely N-dealkylation sites (tertiary alicyclic amines) is 1. The van der Waals surface area contributed by atoms with Crippen LogP contribution in [0.3, 0.4) is 0 Å². The number of rotatable bonds is 2. The number of nitrogens with two attached hydrogens (primary N) is 1. The maximum Gasteiger partial charge on any atom is 0.253 e. The number of hydrogen-bond donors (Lipinski definition) is 2. The second-order valence-electron chi connectivity index (χ2n) is 6.64. The molecule has 3 N–H and O–H groups in total. The van der Waals surface area contributed by atoms with Crippen LogP contribution in [0.2, 0.25) is 0 Å². The molecule has 1 aliphatic heterocycles. The average Bonchev–Trinajstić information content (AvgIpc) is 2.38. The Labute approximate surface area is 135 Å². The molecule has 0 radical (unpaired) electrons. The molecule has 4 nitrogen and oxygen atoms in total. The molecule has 0 unspecified atom stereocenters. The molecule has 1 aliphatic rings. The van der Waals surface area contributed by atoms with Crippen LogP contribution in [0.4, 0.5) is 5.69 Å². The Bertz CT molecular complexity index is 517. The lowest BCUT2D eigenvalue weighted by molar-refractivity contribution is 0.0813. The number of nitrogen functional groups attached to an aromatic ring is 1. The van der Waals surface area contributed by atoms with Gasteiger partial charge in [0, 0.05) is 34.8 Å². The highest BCUT2D eigenvalue weighted by molar-refractivity contribution is 9.10. The summed E-state index contributed by atoms with van der Waals surface area (Å²) in [6.45, 7) is 8.73. The van der Waals surface area contributed by atoms with E-state index in [1.165, 1.54) is 0 Å². The number of anilines is 1. The molecule has 5 heteroatoms. The maximum atomic E-state index is 12.3. The maximum absolute atomic E-state index is 12.3. The van der Waals surface area contributed by atoms with Crippen molar-refractivity contribution < 1.29 is 4.79 Å². The molecular weight excluding hydrogens is 330 g/mol. The zero-order valence-electron chi connectivity index (χ0n) is 12.9. The van der Waals surface area contributed by atoms with Crippen molar-refractivity contribution in [1.82, 2.24) is 10.2 Å². The Kier molecular flexibility index (Phi) is 4.94. The van der Waals surface area contributed by atoms with E-state index in [-0.39, 0.29) is 17.5 Å². The molecule has 1 saturated heterocycles. The van der Waals surface area contributed by atoms with Crippen molar-refractivity contribution >= 4 is 27.5 Å². The lowest BCUT2D eigenvalue weighted by Gasteiger charge is -2.41. The Balaban J connectivity index is 1.93. The van der Waals surface area contributed by atoms with E-state index in [1.807, 2.05) is 6.07 Å². The second kappa shape index (κ2) is 6.36. The lowest BCUT2D eigenvalue weighted by atomic mass is 9.98. The van der Waals surface area contributed by atoms with E-state index in [1.54, 1.807) is 12.1 Å². The van der Waals surface area contributed by atoms with E-state index in [4.69, 9.17) is 5.73 Å². The molecule has 0 aromatic heterocycles. The van der Waals surface area contributed by atoms with Gasteiger partial charge in [0.2, 0.25) is 0 Å². The predicted octanol–water partition coefficient (Wildman–Crippen LogP) is 3.02. The zero-order chi connectivity index (χ0) is 15.6. The van der Waals surface area contributed by atoms with Crippen LogP contribution >= 0.6 is 15.9 Å². The molecular formula is C16H24BrN3O. The molecule has 1 amide bonds. The van der Waals surface area contributed by atoms with Crippen molar-refractivity contribution in [1.29, 1.82) is 0 Å². The Hall–Kier alpha value is -1.07. The van der Waals surface area contributed by atoms with Gasteiger partial charge in [0.15, 0.2) is 0 Å². The van der Waals surface area contributed by atoms with Crippen LogP contribution in [-0.2, 0) is 0 Å². The first-order valence-corrected chi connectivity index (χ1v) is 8.17. The third-order valence-electron chi connectivity index (χ3n) is 4.04. The molecule has 1 aromatic rings. The Morgan fingerprint density at radius 1 is 1.33 bits per heavy atom. The molecule has 116 valence electrons. The number of hydrogen-bond acceptors (Lipinski definition) is 3. The number of carbonyl (C=O) groups excluding carboxylic acids is 1.